The van der Waals surface area contributed by atoms with E-state index < -0.39 is 0 Å². The maximum absolute atomic E-state index is 12.3. The Balaban J connectivity index is 1.93. The molecule has 8 nitrogen and oxygen atoms in total. The van der Waals surface area contributed by atoms with E-state index in [0.717, 1.165) is 37.6 Å². The molecule has 1 amide bonds. The van der Waals surface area contributed by atoms with Crippen LogP contribution in [0.2, 0.25) is 0 Å². The van der Waals surface area contributed by atoms with E-state index in [-0.39, 0.29) is 18.4 Å². The van der Waals surface area contributed by atoms with E-state index in [9.17, 15) is 4.79 Å². The highest BCUT2D eigenvalue weighted by Crippen LogP contribution is 2.26. The maximum atomic E-state index is 12.3. The average Bonchev–Trinajstić information content (AvgIpc) is 2.92. The van der Waals surface area contributed by atoms with Crippen LogP contribution in [0.25, 0.3) is 0 Å². The number of aromatic nitrogens is 3. The Morgan fingerprint density at radius 2 is 2.12 bits per heavy atom. The number of hydrogen-bond donors (Lipinski definition) is 0. The molecule has 1 aromatic rings. The van der Waals surface area contributed by atoms with E-state index in [4.69, 9.17) is 9.47 Å². The third-order valence-corrected chi connectivity index (χ3v) is 4.25. The first-order valence-electron chi connectivity index (χ1n) is 8.40. The molecule has 1 saturated heterocycles. The molecule has 1 aliphatic rings. The van der Waals surface area contributed by atoms with Crippen molar-refractivity contribution in [2.24, 2.45) is 7.05 Å². The minimum atomic E-state index is 0.0338. The summed E-state index contributed by atoms with van der Waals surface area (Å²) in [5.74, 6) is 2.17. The molecular weight excluding hydrogens is 310 g/mol. The van der Waals surface area contributed by atoms with Gasteiger partial charge in [-0.25, -0.2) is 0 Å². The molecule has 0 spiro atoms. The Kier molecular flexibility index (Phi) is 7.14. The van der Waals surface area contributed by atoms with Gasteiger partial charge in [-0.15, -0.1) is 10.2 Å². The van der Waals surface area contributed by atoms with Crippen LogP contribution in [0.3, 0.4) is 0 Å². The minimum Gasteiger partial charge on any atom is -0.382 e. The molecule has 1 aliphatic heterocycles. The lowest BCUT2D eigenvalue weighted by molar-refractivity contribution is -0.137. The number of nitrogens with zero attached hydrogens (tertiary/aromatic N) is 5. The molecule has 0 aromatic carbocycles. The van der Waals surface area contributed by atoms with Gasteiger partial charge in [0.05, 0.1) is 19.8 Å². The highest BCUT2D eigenvalue weighted by molar-refractivity contribution is 5.77. The molecule has 0 unspecified atom stereocenters. The number of carbonyl (C=O) groups excluding carboxylic acids is 1. The summed E-state index contributed by atoms with van der Waals surface area (Å²) in [5, 5.41) is 8.67. The van der Waals surface area contributed by atoms with Crippen molar-refractivity contribution >= 4 is 5.91 Å². The van der Waals surface area contributed by atoms with Crippen LogP contribution < -0.4 is 0 Å². The van der Waals surface area contributed by atoms with Crippen LogP contribution in [-0.2, 0) is 27.9 Å². The summed E-state index contributed by atoms with van der Waals surface area (Å²) < 4.78 is 12.3. The van der Waals surface area contributed by atoms with Crippen LogP contribution in [0.5, 0.6) is 0 Å². The van der Waals surface area contributed by atoms with Crippen LogP contribution in [0, 0.1) is 0 Å². The zero-order valence-corrected chi connectivity index (χ0v) is 15.2. The van der Waals surface area contributed by atoms with Gasteiger partial charge in [0.25, 0.3) is 0 Å². The molecule has 136 valence electrons. The number of amides is 1. The lowest BCUT2D eigenvalue weighted by Crippen LogP contribution is -2.41. The Morgan fingerprint density at radius 1 is 1.33 bits per heavy atom. The summed E-state index contributed by atoms with van der Waals surface area (Å²) in [4.78, 5) is 16.2. The van der Waals surface area contributed by atoms with Crippen molar-refractivity contribution in [3.63, 3.8) is 0 Å². The van der Waals surface area contributed by atoms with Gasteiger partial charge in [-0.3, -0.25) is 4.79 Å². The molecule has 2 heterocycles. The van der Waals surface area contributed by atoms with Gasteiger partial charge in [-0.05, 0) is 26.9 Å². The zero-order chi connectivity index (χ0) is 17.5. The molecule has 24 heavy (non-hydrogen) atoms. The second-order valence-electron chi connectivity index (χ2n) is 6.50. The minimum absolute atomic E-state index is 0.0338. The Labute approximate surface area is 143 Å². The topological polar surface area (TPSA) is 72.7 Å². The normalized spacial score (nSPS) is 18.4. The van der Waals surface area contributed by atoms with Gasteiger partial charge in [-0.2, -0.15) is 0 Å². The number of ether oxygens (including phenoxy) is 2. The van der Waals surface area contributed by atoms with Gasteiger partial charge in [0.1, 0.15) is 18.3 Å². The van der Waals surface area contributed by atoms with Crippen molar-refractivity contribution in [3.8, 4) is 0 Å². The van der Waals surface area contributed by atoms with Gasteiger partial charge in [0.15, 0.2) is 0 Å². The molecule has 0 bridgehead atoms. The van der Waals surface area contributed by atoms with Crippen LogP contribution >= 0.6 is 0 Å². The highest BCUT2D eigenvalue weighted by Gasteiger charge is 2.28. The van der Waals surface area contributed by atoms with Crippen LogP contribution in [0.1, 0.15) is 30.4 Å². The number of hydrogen-bond acceptors (Lipinski definition) is 6. The molecule has 1 atom stereocenters. The van der Waals surface area contributed by atoms with E-state index in [1.54, 1.807) is 7.11 Å². The number of likely N-dealkylation sites (tertiary alicyclic amines) is 1. The Bertz CT molecular complexity index is 532. The van der Waals surface area contributed by atoms with Crippen molar-refractivity contribution < 1.29 is 14.3 Å². The molecule has 1 fully saturated rings. The van der Waals surface area contributed by atoms with Gasteiger partial charge in [0.2, 0.25) is 5.91 Å². The summed E-state index contributed by atoms with van der Waals surface area (Å²) in [6.07, 6.45) is 2.01. The molecule has 2 rings (SSSR count). The smallest absolute Gasteiger partial charge is 0.248 e. The van der Waals surface area contributed by atoms with Gasteiger partial charge in [-0.1, -0.05) is 0 Å². The number of piperidine rings is 1. The predicted molar refractivity (Wildman–Crippen MR) is 89.6 cm³/mol. The van der Waals surface area contributed by atoms with E-state index in [2.05, 4.69) is 19.7 Å². The highest BCUT2D eigenvalue weighted by atomic mass is 16.5. The maximum Gasteiger partial charge on any atom is 0.248 e. The second-order valence-corrected chi connectivity index (χ2v) is 6.50. The quantitative estimate of drug-likeness (QED) is 0.632. The van der Waals surface area contributed by atoms with E-state index in [1.807, 2.05) is 26.0 Å². The third-order valence-electron chi connectivity index (χ3n) is 4.25. The lowest BCUT2D eigenvalue weighted by atomic mass is 9.97. The molecular formula is C16H29N5O3. The van der Waals surface area contributed by atoms with Crippen LogP contribution in [0.4, 0.5) is 0 Å². The first-order valence-corrected chi connectivity index (χ1v) is 8.40. The molecule has 0 saturated carbocycles. The summed E-state index contributed by atoms with van der Waals surface area (Å²) in [5.41, 5.74) is 0. The van der Waals surface area contributed by atoms with Gasteiger partial charge < -0.3 is 23.8 Å². The first kappa shape index (κ1) is 18.8. The van der Waals surface area contributed by atoms with Crippen LogP contribution in [-0.4, -0.2) is 84.6 Å². The van der Waals surface area contributed by atoms with E-state index in [0.29, 0.717) is 19.8 Å². The predicted octanol–water partition coefficient (Wildman–Crippen LogP) is 0.246. The van der Waals surface area contributed by atoms with Gasteiger partial charge in [0, 0.05) is 33.2 Å². The SMILES string of the molecule is COCCOCC(=O)N1CCC[C@@H](c2nnc(CN(C)C)n2C)C1. The summed E-state index contributed by atoms with van der Waals surface area (Å²) in [7, 11) is 7.65. The third kappa shape index (κ3) is 4.99. The molecule has 0 aliphatic carbocycles. The first-order chi connectivity index (χ1) is 11.5. The van der Waals surface area contributed by atoms with Crippen molar-refractivity contribution in [1.29, 1.82) is 0 Å². The largest absolute Gasteiger partial charge is 0.382 e. The van der Waals surface area contributed by atoms with Crippen molar-refractivity contribution in [1.82, 2.24) is 24.6 Å². The molecule has 1 aromatic heterocycles. The molecule has 0 radical (unpaired) electrons. The zero-order valence-electron chi connectivity index (χ0n) is 15.2. The number of rotatable bonds is 8. The summed E-state index contributed by atoms with van der Waals surface area (Å²) in [6, 6.07) is 0. The van der Waals surface area contributed by atoms with Gasteiger partial charge >= 0.3 is 0 Å². The van der Waals surface area contributed by atoms with Crippen molar-refractivity contribution in [3.05, 3.63) is 11.6 Å². The Hall–Kier alpha value is -1.51. The number of methoxy groups -OCH3 is 1. The molecule has 8 heteroatoms. The molecule has 0 N–H and O–H groups in total. The lowest BCUT2D eigenvalue weighted by Gasteiger charge is -2.32. The fourth-order valence-corrected chi connectivity index (χ4v) is 2.96. The van der Waals surface area contributed by atoms with E-state index in [1.165, 1.54) is 0 Å². The average molecular weight is 339 g/mol. The van der Waals surface area contributed by atoms with E-state index >= 15 is 0 Å². The Morgan fingerprint density at radius 3 is 2.83 bits per heavy atom. The fraction of sp³-hybridized carbons (Fsp3) is 0.812. The second kappa shape index (κ2) is 9.10. The summed E-state index contributed by atoms with van der Waals surface area (Å²) in [6.45, 7) is 3.28. The van der Waals surface area contributed by atoms with Crippen molar-refractivity contribution in [2.45, 2.75) is 25.3 Å². The standard InChI is InChI=1S/C16H29N5O3/c1-19(2)11-14-17-18-16(20(14)3)13-6-5-7-21(10-13)15(22)12-24-9-8-23-4/h13H,5-12H2,1-4H3/t13-/m1/s1. The fourth-order valence-electron chi connectivity index (χ4n) is 2.96. The van der Waals surface area contributed by atoms with Crippen LogP contribution in [0.15, 0.2) is 0 Å². The summed E-state index contributed by atoms with van der Waals surface area (Å²) >= 11 is 0. The monoisotopic (exact) mass is 339 g/mol. The van der Waals surface area contributed by atoms with Crippen molar-refractivity contribution in [2.75, 3.05) is 54.1 Å². The number of carbonyl (C=O) groups is 1.